The second-order valence-corrected chi connectivity index (χ2v) is 21.5. The summed E-state index contributed by atoms with van der Waals surface area (Å²) in [5.74, 6) is -10.5. The number of carbonyl (C=O) groups is 10. The molecule has 0 aliphatic carbocycles. The monoisotopic (exact) mass is 1280 g/mol. The minimum Gasteiger partial charge on any atom is -0.508 e. The Morgan fingerprint density at radius 3 is 0.978 bits per heavy atom. The zero-order chi connectivity index (χ0) is 67.6. The van der Waals surface area contributed by atoms with Gasteiger partial charge in [-0.15, -0.1) is 0 Å². The highest BCUT2D eigenvalue weighted by atomic mass is 16.4. The van der Waals surface area contributed by atoms with E-state index in [4.69, 9.17) is 68.8 Å². The Hall–Kier alpha value is -8.67. The van der Waals surface area contributed by atoms with E-state index in [-0.39, 0.29) is 134 Å². The van der Waals surface area contributed by atoms with E-state index in [2.05, 4.69) is 57.5 Å². The first-order chi connectivity index (χ1) is 42.8. The van der Waals surface area contributed by atoms with Gasteiger partial charge in [0.1, 0.15) is 54.1 Å². The average molecular weight is 1280 g/mol. The summed E-state index contributed by atoms with van der Waals surface area (Å²) in [6.45, 7) is 1.15. The number of guanidine groups is 3. The Labute approximate surface area is 524 Å². The lowest BCUT2D eigenvalue weighted by molar-refractivity contribution is -0.141. The predicted molar refractivity (Wildman–Crippen MR) is 338 cm³/mol. The number of hydrogen-bond donors (Lipinski definition) is 22. The average Bonchev–Trinajstić information content (AvgIpc) is 2.18. The van der Waals surface area contributed by atoms with Crippen LogP contribution in [-0.2, 0) is 54.4 Å². The van der Waals surface area contributed by atoms with Gasteiger partial charge in [0.15, 0.2) is 17.9 Å². The summed E-state index contributed by atoms with van der Waals surface area (Å²) < 4.78 is 0. The highest BCUT2D eigenvalue weighted by molar-refractivity contribution is 5.99. The van der Waals surface area contributed by atoms with Gasteiger partial charge in [-0.2, -0.15) is 0 Å². The van der Waals surface area contributed by atoms with Crippen molar-refractivity contribution in [1.82, 2.24) is 42.5 Å². The first kappa shape index (κ1) is 79.3. The number of phenols is 1. The van der Waals surface area contributed by atoms with Crippen molar-refractivity contribution >= 4 is 77.0 Å². The summed E-state index contributed by atoms with van der Waals surface area (Å²) in [5.41, 5.74) is 67.9. The van der Waals surface area contributed by atoms with Gasteiger partial charge < -0.3 is 122 Å². The molecule has 0 aliphatic rings. The Morgan fingerprint density at radius 1 is 0.367 bits per heavy atom. The van der Waals surface area contributed by atoms with Crippen LogP contribution in [0.2, 0.25) is 0 Å². The van der Waals surface area contributed by atoms with Crippen LogP contribution in [-0.4, -0.2) is 187 Å². The van der Waals surface area contributed by atoms with Crippen LogP contribution in [0.25, 0.3) is 0 Å². The van der Waals surface area contributed by atoms with E-state index in [0.29, 0.717) is 63.5 Å². The number of aliphatic carboxylic acids is 1. The summed E-state index contributed by atoms with van der Waals surface area (Å²) >= 11 is 0. The molecule has 1 rings (SSSR count). The SMILES string of the molecule is NCCCC[C@H](NC(=O)[C@H](CCCN=C(N)N)NC(=O)[C@H](CCCN=C(N)N)NC(=O)[C@H](CC(=O)O)NC(=O)[C@H](CCCCN)NC(=O)[C@H](Cc1ccc(O)cc1)NC(=O)[C@H](CCCCN)NC(=O)[C@H](CCCCN)NC(=O)[C@@H](N)CCCN=C(N)N)C(N)=O. The Kier molecular flexibility index (Phi) is 40.2. The van der Waals surface area contributed by atoms with Crippen LogP contribution in [0.5, 0.6) is 5.75 Å². The Bertz CT molecular complexity index is 2500. The molecular weight excluding hydrogens is 1170 g/mol. The van der Waals surface area contributed by atoms with Crippen LogP contribution in [0.1, 0.15) is 128 Å². The van der Waals surface area contributed by atoms with Crippen molar-refractivity contribution in [2.75, 3.05) is 45.8 Å². The second kappa shape index (κ2) is 45.6. The van der Waals surface area contributed by atoms with Crippen LogP contribution in [0, 0.1) is 0 Å². The lowest BCUT2D eigenvalue weighted by atomic mass is 10.0. The lowest BCUT2D eigenvalue weighted by Crippen LogP contribution is -2.61. The molecule has 34 N–H and O–H groups in total. The summed E-state index contributed by atoms with van der Waals surface area (Å²) in [5, 5.41) is 40.8. The Balaban J connectivity index is 3.77. The van der Waals surface area contributed by atoms with Crippen molar-refractivity contribution in [3.8, 4) is 5.75 Å². The molecule has 0 aromatic heterocycles. The number of nitrogens with two attached hydrogens (primary N) is 12. The minimum atomic E-state index is -1.93. The van der Waals surface area contributed by atoms with Crippen LogP contribution >= 0.6 is 0 Å². The van der Waals surface area contributed by atoms with Crippen molar-refractivity contribution in [2.24, 2.45) is 83.8 Å². The summed E-state index contributed by atoms with van der Waals surface area (Å²) in [6, 6.07) is -7.02. The molecule has 0 unspecified atom stereocenters. The standard InChI is InChI=1S/C55H101N23O12/c56-23-5-1-13-35(44(61)82)71-46(84)39(17-10-28-69-54(64)65)74-48(86)40(18-11-29-70-55(66)67)76-52(90)42(31-43(80)81)78-50(88)38(16-4-8-26-59)75-51(89)41(30-32-19-21-33(79)22-20-32)77-49(87)37(15-3-7-25-58)73-47(85)36(14-2-6-24-57)72-45(83)34(60)12-9-27-68-53(62)63/h19-22,34-42,79H,1-18,23-31,56-60H2,(H2,61,82)(H,71,84)(H,72,83)(H,73,85)(H,74,86)(H,75,89)(H,76,90)(H,77,87)(H,78,88)(H,80,81)(H4,62,63,68)(H4,64,65,69)(H4,66,67,70)/t34-,35-,36-,37-,38-,39-,40-,41-,42-/m0/s1. The zero-order valence-corrected chi connectivity index (χ0v) is 51.3. The third-order valence-corrected chi connectivity index (χ3v) is 13.8. The summed E-state index contributed by atoms with van der Waals surface area (Å²) in [4.78, 5) is 150. The number of amides is 9. The van der Waals surface area contributed by atoms with Gasteiger partial charge >= 0.3 is 5.97 Å². The molecule has 9 amide bonds. The molecule has 0 aliphatic heterocycles. The molecule has 1 aromatic rings. The van der Waals surface area contributed by atoms with Crippen molar-refractivity contribution < 1.29 is 58.2 Å². The molecule has 35 heteroatoms. The second-order valence-electron chi connectivity index (χ2n) is 21.5. The first-order valence-corrected chi connectivity index (χ1v) is 30.2. The molecule has 90 heavy (non-hydrogen) atoms. The number of hydrogen-bond acceptors (Lipinski definition) is 19. The molecule has 1 aromatic carbocycles. The molecule has 0 heterocycles. The third-order valence-electron chi connectivity index (χ3n) is 13.8. The molecule has 0 saturated heterocycles. The number of phenolic OH excluding ortho intramolecular Hbond substituents is 1. The van der Waals surface area contributed by atoms with E-state index in [1.165, 1.54) is 24.3 Å². The van der Waals surface area contributed by atoms with Gasteiger partial charge in [-0.3, -0.25) is 62.9 Å². The van der Waals surface area contributed by atoms with Crippen molar-refractivity contribution in [2.45, 2.75) is 183 Å². The molecule has 508 valence electrons. The van der Waals surface area contributed by atoms with Crippen molar-refractivity contribution in [3.05, 3.63) is 29.8 Å². The number of unbranched alkanes of at least 4 members (excludes halogenated alkanes) is 4. The van der Waals surface area contributed by atoms with E-state index in [0.717, 1.165) is 0 Å². The molecule has 0 fully saturated rings. The zero-order valence-electron chi connectivity index (χ0n) is 51.3. The number of carbonyl (C=O) groups excluding carboxylic acids is 9. The number of carboxylic acids is 1. The fraction of sp³-hybridized carbons (Fsp3) is 0.655. The predicted octanol–water partition coefficient (Wildman–Crippen LogP) is -7.22. The van der Waals surface area contributed by atoms with Gasteiger partial charge in [0, 0.05) is 26.1 Å². The van der Waals surface area contributed by atoms with Crippen LogP contribution in [0.15, 0.2) is 39.2 Å². The number of primary amides is 1. The topological polar surface area (TPSA) is 657 Å². The first-order valence-electron chi connectivity index (χ1n) is 30.2. The van der Waals surface area contributed by atoms with Gasteiger partial charge in [-0.1, -0.05) is 12.1 Å². The summed E-state index contributed by atoms with van der Waals surface area (Å²) in [6.07, 6.45) is 2.27. The maximum absolute atomic E-state index is 14.7. The maximum Gasteiger partial charge on any atom is 0.305 e. The maximum atomic E-state index is 14.7. The highest BCUT2D eigenvalue weighted by Gasteiger charge is 2.36. The normalized spacial score (nSPS) is 13.9. The van der Waals surface area contributed by atoms with Gasteiger partial charge in [-0.05, 0) is 159 Å². The molecular formula is C55H101N23O12. The van der Waals surface area contributed by atoms with Crippen LogP contribution in [0.4, 0.5) is 0 Å². The molecule has 0 saturated carbocycles. The van der Waals surface area contributed by atoms with Gasteiger partial charge in [0.2, 0.25) is 53.2 Å². The fourth-order valence-electron chi connectivity index (χ4n) is 8.90. The minimum absolute atomic E-state index is 0.00990. The van der Waals surface area contributed by atoms with E-state index in [9.17, 15) is 58.2 Å². The number of benzene rings is 1. The van der Waals surface area contributed by atoms with Gasteiger partial charge in [-0.25, -0.2) is 0 Å². The quantitative estimate of drug-likeness (QED) is 0.0164. The van der Waals surface area contributed by atoms with E-state index < -0.39 is 120 Å². The molecule has 35 nitrogen and oxygen atoms in total. The number of nitrogens with one attached hydrogen (secondary N) is 8. The van der Waals surface area contributed by atoms with Crippen molar-refractivity contribution in [3.63, 3.8) is 0 Å². The van der Waals surface area contributed by atoms with Gasteiger partial charge in [0.05, 0.1) is 12.5 Å². The largest absolute Gasteiger partial charge is 0.508 e. The molecule has 0 spiro atoms. The van der Waals surface area contributed by atoms with E-state index in [1.54, 1.807) is 0 Å². The lowest BCUT2D eigenvalue weighted by Gasteiger charge is -2.28. The third kappa shape index (κ3) is 34.8. The molecule has 0 bridgehead atoms. The van der Waals surface area contributed by atoms with Crippen molar-refractivity contribution in [1.29, 1.82) is 0 Å². The number of aromatic hydroxyl groups is 1. The number of carboxylic acid groups (broad SMARTS) is 1. The van der Waals surface area contributed by atoms with E-state index >= 15 is 0 Å². The summed E-state index contributed by atoms with van der Waals surface area (Å²) in [7, 11) is 0. The fourth-order valence-corrected chi connectivity index (χ4v) is 8.90. The number of nitrogens with zero attached hydrogens (tertiary/aromatic N) is 3. The number of aliphatic imine (C=N–C) groups is 3. The molecule has 9 atom stereocenters. The number of rotatable bonds is 49. The highest BCUT2D eigenvalue weighted by Crippen LogP contribution is 2.15. The van der Waals surface area contributed by atoms with Crippen LogP contribution in [0.3, 0.4) is 0 Å². The smallest absolute Gasteiger partial charge is 0.305 e. The molecule has 0 radical (unpaired) electrons. The van der Waals surface area contributed by atoms with E-state index in [1.807, 2.05) is 0 Å². The Morgan fingerprint density at radius 2 is 0.644 bits per heavy atom. The van der Waals surface area contributed by atoms with Crippen LogP contribution < -0.4 is 111 Å². The van der Waals surface area contributed by atoms with Gasteiger partial charge in [0.25, 0.3) is 0 Å².